The van der Waals surface area contributed by atoms with Crippen molar-refractivity contribution in [1.29, 1.82) is 0 Å². The first-order valence-corrected chi connectivity index (χ1v) is 12.1. The summed E-state index contributed by atoms with van der Waals surface area (Å²) >= 11 is 2.39. The Morgan fingerprint density at radius 1 is 0.765 bits per heavy atom. The van der Waals surface area contributed by atoms with Crippen molar-refractivity contribution in [3.05, 3.63) is 114 Å². The van der Waals surface area contributed by atoms with Gasteiger partial charge in [0.1, 0.15) is 5.82 Å². The highest BCUT2D eigenvalue weighted by atomic mass is 127. The number of rotatable bonds is 7. The van der Waals surface area contributed by atoms with Crippen LogP contribution < -0.4 is 0 Å². The van der Waals surface area contributed by atoms with Gasteiger partial charge in [-0.05, 0) is 47.9 Å². The van der Waals surface area contributed by atoms with Gasteiger partial charge in [-0.25, -0.2) is 8.10 Å². The lowest BCUT2D eigenvalue weighted by molar-refractivity contribution is 0.490. The smallest absolute Gasteiger partial charge is 0.122 e. The molecule has 0 unspecified atom stereocenters. The van der Waals surface area contributed by atoms with Crippen molar-refractivity contribution in [1.82, 2.24) is 23.0 Å². The minimum atomic E-state index is 0.674. The number of aryl methyl sites for hydroxylation is 1. The highest BCUT2D eigenvalue weighted by Gasteiger charge is 2.17. The summed E-state index contributed by atoms with van der Waals surface area (Å²) in [5.41, 5.74) is 8.47. The van der Waals surface area contributed by atoms with E-state index in [0.29, 0.717) is 6.54 Å². The van der Waals surface area contributed by atoms with Gasteiger partial charge < -0.3 is 4.98 Å². The molecule has 0 saturated heterocycles. The lowest BCUT2D eigenvalue weighted by Gasteiger charge is -2.16. The number of aromatic nitrogens is 4. The largest absolute Gasteiger partial charge is 0.339 e. The van der Waals surface area contributed by atoms with Gasteiger partial charge in [0.05, 0.1) is 23.6 Å². The zero-order valence-corrected chi connectivity index (χ0v) is 21.0. The van der Waals surface area contributed by atoms with Crippen molar-refractivity contribution >= 4 is 22.9 Å². The standard InChI is InChI=1S/C28H24IN5/c1-20-8-7-13-25(31-20)28-27(22-14-16-30-17-15-22)32-26(33-28)19-34(29)18-23-11-5-6-12-24(23)21-9-3-2-4-10-21/h2-17H,18-19H2,1H3,(H,32,33). The van der Waals surface area contributed by atoms with E-state index in [9.17, 15) is 0 Å². The van der Waals surface area contributed by atoms with Crippen LogP contribution in [0.2, 0.25) is 0 Å². The number of imidazole rings is 1. The molecule has 0 aliphatic carbocycles. The fourth-order valence-electron chi connectivity index (χ4n) is 4.04. The van der Waals surface area contributed by atoms with Crippen molar-refractivity contribution in [3.8, 4) is 33.8 Å². The average molecular weight is 557 g/mol. The van der Waals surface area contributed by atoms with Gasteiger partial charge in [-0.1, -0.05) is 60.7 Å². The highest BCUT2D eigenvalue weighted by molar-refractivity contribution is 14.1. The molecule has 5 aromatic rings. The van der Waals surface area contributed by atoms with Gasteiger partial charge in [0, 0.05) is 53.1 Å². The maximum atomic E-state index is 4.98. The number of aromatic amines is 1. The second-order valence-corrected chi connectivity index (χ2v) is 9.47. The van der Waals surface area contributed by atoms with Crippen LogP contribution in [0.25, 0.3) is 33.8 Å². The summed E-state index contributed by atoms with van der Waals surface area (Å²) in [4.78, 5) is 17.4. The summed E-state index contributed by atoms with van der Waals surface area (Å²) < 4.78 is 2.25. The van der Waals surface area contributed by atoms with Crippen molar-refractivity contribution in [2.24, 2.45) is 0 Å². The van der Waals surface area contributed by atoms with Crippen LogP contribution in [0.15, 0.2) is 97.3 Å². The van der Waals surface area contributed by atoms with Crippen molar-refractivity contribution in [2.75, 3.05) is 0 Å². The third-order valence-corrected chi connectivity index (χ3v) is 6.30. The molecular formula is C28H24IN5. The van der Waals surface area contributed by atoms with Gasteiger partial charge in [0.25, 0.3) is 0 Å². The Kier molecular flexibility index (Phi) is 6.78. The second-order valence-electron chi connectivity index (χ2n) is 8.11. The van der Waals surface area contributed by atoms with Crippen LogP contribution >= 0.6 is 22.9 Å². The first kappa shape index (κ1) is 22.4. The quantitative estimate of drug-likeness (QED) is 0.176. The van der Waals surface area contributed by atoms with Gasteiger partial charge >= 0.3 is 0 Å². The third kappa shape index (κ3) is 5.08. The molecule has 3 heterocycles. The van der Waals surface area contributed by atoms with Gasteiger partial charge in [-0.3, -0.25) is 9.97 Å². The van der Waals surface area contributed by atoms with Gasteiger partial charge in [-0.15, -0.1) is 0 Å². The summed E-state index contributed by atoms with van der Waals surface area (Å²) in [7, 11) is 0. The molecule has 6 heteroatoms. The normalized spacial score (nSPS) is 11.1. The molecular weight excluding hydrogens is 533 g/mol. The molecule has 5 nitrogen and oxygen atoms in total. The number of benzene rings is 2. The molecule has 0 saturated carbocycles. The van der Waals surface area contributed by atoms with E-state index in [1.807, 2.05) is 37.3 Å². The third-order valence-electron chi connectivity index (χ3n) is 5.62. The summed E-state index contributed by atoms with van der Waals surface area (Å²) in [6.07, 6.45) is 3.59. The highest BCUT2D eigenvalue weighted by Crippen LogP contribution is 2.30. The molecule has 2 aromatic carbocycles. The molecule has 0 fully saturated rings. The lowest BCUT2D eigenvalue weighted by Crippen LogP contribution is -2.12. The Balaban J connectivity index is 1.43. The number of halogens is 1. The molecule has 0 spiro atoms. The molecule has 34 heavy (non-hydrogen) atoms. The predicted molar refractivity (Wildman–Crippen MR) is 145 cm³/mol. The average Bonchev–Trinajstić information content (AvgIpc) is 3.29. The second kappa shape index (κ2) is 10.3. The molecule has 0 atom stereocenters. The van der Waals surface area contributed by atoms with E-state index in [-0.39, 0.29) is 0 Å². The molecule has 5 rings (SSSR count). The van der Waals surface area contributed by atoms with E-state index >= 15 is 0 Å². The maximum absolute atomic E-state index is 4.98. The summed E-state index contributed by atoms with van der Waals surface area (Å²) in [6, 6.07) is 29.1. The molecule has 0 amide bonds. The molecule has 0 aliphatic rings. The first-order chi connectivity index (χ1) is 16.7. The Morgan fingerprint density at radius 2 is 1.53 bits per heavy atom. The van der Waals surface area contributed by atoms with Crippen molar-refractivity contribution < 1.29 is 0 Å². The van der Waals surface area contributed by atoms with Crippen LogP contribution in [0, 0.1) is 6.92 Å². The van der Waals surface area contributed by atoms with E-state index in [4.69, 9.17) is 9.97 Å². The molecule has 1 N–H and O–H groups in total. The zero-order valence-electron chi connectivity index (χ0n) is 18.8. The van der Waals surface area contributed by atoms with E-state index in [1.54, 1.807) is 12.4 Å². The lowest BCUT2D eigenvalue weighted by atomic mass is 10.00. The van der Waals surface area contributed by atoms with Crippen LogP contribution in [-0.4, -0.2) is 23.0 Å². The zero-order chi connectivity index (χ0) is 23.3. The van der Waals surface area contributed by atoms with Gasteiger partial charge in [0.15, 0.2) is 0 Å². The number of hydrogen-bond acceptors (Lipinski definition) is 4. The van der Waals surface area contributed by atoms with Gasteiger partial charge in [0.2, 0.25) is 0 Å². The molecule has 0 aliphatic heterocycles. The van der Waals surface area contributed by atoms with Crippen LogP contribution in [0.3, 0.4) is 0 Å². The van der Waals surface area contributed by atoms with Crippen molar-refractivity contribution in [3.63, 3.8) is 0 Å². The van der Waals surface area contributed by atoms with E-state index in [2.05, 4.69) is 90.5 Å². The number of nitrogens with zero attached hydrogens (tertiary/aromatic N) is 4. The minimum Gasteiger partial charge on any atom is -0.339 e. The number of pyridine rings is 2. The Bertz CT molecular complexity index is 1380. The Labute approximate surface area is 213 Å². The molecule has 0 bridgehead atoms. The summed E-state index contributed by atoms with van der Waals surface area (Å²) in [5.74, 6) is 0.900. The molecule has 0 radical (unpaired) electrons. The Morgan fingerprint density at radius 3 is 2.32 bits per heavy atom. The van der Waals surface area contributed by atoms with E-state index in [0.717, 1.165) is 40.7 Å². The number of hydrogen-bond donors (Lipinski definition) is 1. The fourth-order valence-corrected chi connectivity index (χ4v) is 4.73. The number of H-pyrrole nitrogens is 1. The topological polar surface area (TPSA) is 57.7 Å². The minimum absolute atomic E-state index is 0.674. The van der Waals surface area contributed by atoms with E-state index in [1.165, 1.54) is 16.7 Å². The van der Waals surface area contributed by atoms with Gasteiger partial charge in [-0.2, -0.15) is 0 Å². The van der Waals surface area contributed by atoms with Crippen LogP contribution in [-0.2, 0) is 13.1 Å². The van der Waals surface area contributed by atoms with E-state index < -0.39 is 0 Å². The predicted octanol–water partition coefficient (Wildman–Crippen LogP) is 6.86. The molecule has 168 valence electrons. The Hall–Kier alpha value is -3.36. The van der Waals surface area contributed by atoms with Crippen molar-refractivity contribution in [2.45, 2.75) is 20.0 Å². The van der Waals surface area contributed by atoms with Crippen LogP contribution in [0.1, 0.15) is 17.1 Å². The summed E-state index contributed by atoms with van der Waals surface area (Å²) in [6.45, 7) is 3.48. The SMILES string of the molecule is Cc1cccc(-c2[nH]c(CN(I)Cc3ccccc3-c3ccccc3)nc2-c2ccncc2)n1. The first-order valence-electron chi connectivity index (χ1n) is 11.1. The monoisotopic (exact) mass is 557 g/mol. The maximum Gasteiger partial charge on any atom is 0.122 e. The fraction of sp³-hybridized carbons (Fsp3) is 0.107. The summed E-state index contributed by atoms with van der Waals surface area (Å²) in [5, 5.41) is 0. The number of nitrogens with one attached hydrogen (secondary N) is 1. The molecule has 3 aromatic heterocycles. The van der Waals surface area contributed by atoms with Crippen LogP contribution in [0.5, 0.6) is 0 Å². The van der Waals surface area contributed by atoms with Crippen LogP contribution in [0.4, 0.5) is 0 Å².